The Morgan fingerprint density at radius 3 is 1.38 bits per heavy atom. The monoisotopic (exact) mass is 430 g/mol. The molecule has 2 aliphatic rings. The summed E-state index contributed by atoms with van der Waals surface area (Å²) in [6.07, 6.45) is 1.73. The molecule has 0 aromatic heterocycles. The predicted molar refractivity (Wildman–Crippen MR) is 117 cm³/mol. The van der Waals surface area contributed by atoms with E-state index < -0.39 is 0 Å². The quantitative estimate of drug-likeness (QED) is 0.628. The highest BCUT2D eigenvalue weighted by Crippen LogP contribution is 2.48. The van der Waals surface area contributed by atoms with Gasteiger partial charge in [-0.25, -0.2) is 0 Å². The van der Waals surface area contributed by atoms with E-state index in [1.165, 1.54) is 0 Å². The summed E-state index contributed by atoms with van der Waals surface area (Å²) >= 11 is 0. The molecule has 4 rings (SSSR count). The van der Waals surface area contributed by atoms with Crippen molar-refractivity contribution in [2.24, 2.45) is 11.8 Å². The summed E-state index contributed by atoms with van der Waals surface area (Å²) in [6.45, 7) is 4.51. The van der Waals surface area contributed by atoms with E-state index in [4.69, 9.17) is 20.0 Å². The average molecular weight is 431 g/mol. The van der Waals surface area contributed by atoms with E-state index >= 15 is 0 Å². The van der Waals surface area contributed by atoms with Gasteiger partial charge in [0.05, 0.1) is 48.3 Å². The van der Waals surface area contributed by atoms with Gasteiger partial charge in [0, 0.05) is 0 Å². The predicted octanol–water partition coefficient (Wildman–Crippen LogP) is 4.45. The first-order valence-electron chi connectivity index (χ1n) is 10.9. The first-order chi connectivity index (χ1) is 15.5. The van der Waals surface area contributed by atoms with E-state index in [0.717, 1.165) is 24.0 Å². The maximum atomic E-state index is 11.4. The van der Waals surface area contributed by atoms with Crippen LogP contribution < -0.4 is 0 Å². The van der Waals surface area contributed by atoms with Crippen LogP contribution in [0, 0.1) is 34.5 Å². The zero-order valence-electron chi connectivity index (χ0n) is 18.3. The van der Waals surface area contributed by atoms with E-state index in [2.05, 4.69) is 12.1 Å². The van der Waals surface area contributed by atoms with Gasteiger partial charge < -0.3 is 9.47 Å². The number of benzene rings is 2. The number of carbonyl (C=O) groups is 2. The van der Waals surface area contributed by atoms with Crippen molar-refractivity contribution in [2.45, 2.75) is 38.5 Å². The van der Waals surface area contributed by atoms with E-state index in [1.807, 2.05) is 38.1 Å². The molecule has 0 radical (unpaired) electrons. The molecule has 6 nitrogen and oxygen atoms in total. The Labute approximate surface area is 188 Å². The summed E-state index contributed by atoms with van der Waals surface area (Å²) < 4.78 is 9.94. The summed E-state index contributed by atoms with van der Waals surface area (Å²) in [4.78, 5) is 22.9. The number of hydrogen-bond donors (Lipinski definition) is 0. The summed E-state index contributed by atoms with van der Waals surface area (Å²) in [5.41, 5.74) is 3.54. The molecule has 164 valence electrons. The van der Waals surface area contributed by atoms with Crippen LogP contribution in [0.5, 0.6) is 0 Å². The van der Waals surface area contributed by atoms with Crippen molar-refractivity contribution in [3.05, 3.63) is 70.8 Å². The summed E-state index contributed by atoms with van der Waals surface area (Å²) in [5.74, 6) is 0.410. The summed E-state index contributed by atoms with van der Waals surface area (Å²) in [6, 6.07) is 19.0. The van der Waals surface area contributed by atoms with Crippen LogP contribution in [-0.2, 0) is 19.1 Å². The lowest BCUT2D eigenvalue weighted by molar-refractivity contribution is -0.145. The minimum Gasteiger partial charge on any atom is -0.466 e. The lowest BCUT2D eigenvalue weighted by Gasteiger charge is -2.01. The third-order valence-corrected chi connectivity index (χ3v) is 5.70. The Balaban J connectivity index is 0.000000181. The number of rotatable bonds is 6. The van der Waals surface area contributed by atoms with E-state index in [0.29, 0.717) is 24.3 Å². The molecule has 2 aromatic carbocycles. The molecular formula is C26H26N2O4. The van der Waals surface area contributed by atoms with Crippen LogP contribution >= 0.6 is 0 Å². The lowest BCUT2D eigenvalue weighted by atomic mass is 10.1. The smallest absolute Gasteiger partial charge is 0.309 e. The Kier molecular flexibility index (Phi) is 7.63. The Hall–Kier alpha value is -3.64. The normalized spacial score (nSPS) is 22.2. The van der Waals surface area contributed by atoms with Crippen molar-refractivity contribution in [1.29, 1.82) is 10.5 Å². The highest BCUT2D eigenvalue weighted by atomic mass is 16.5. The molecule has 2 aliphatic carbocycles. The second-order valence-electron chi connectivity index (χ2n) is 7.87. The number of nitriles is 2. The van der Waals surface area contributed by atoms with Crippen molar-refractivity contribution < 1.29 is 19.1 Å². The van der Waals surface area contributed by atoms with Gasteiger partial charge in [-0.3, -0.25) is 9.59 Å². The van der Waals surface area contributed by atoms with Gasteiger partial charge in [-0.05, 0) is 73.9 Å². The highest BCUT2D eigenvalue weighted by Gasteiger charge is 2.45. The maximum Gasteiger partial charge on any atom is 0.309 e. The Bertz CT molecular complexity index is 946. The van der Waals surface area contributed by atoms with Crippen LogP contribution in [0.3, 0.4) is 0 Å². The van der Waals surface area contributed by atoms with Gasteiger partial charge >= 0.3 is 11.9 Å². The van der Waals surface area contributed by atoms with Crippen LogP contribution in [0.15, 0.2) is 48.5 Å². The highest BCUT2D eigenvalue weighted by molar-refractivity contribution is 5.78. The molecule has 0 saturated heterocycles. The van der Waals surface area contributed by atoms with Gasteiger partial charge in [0.15, 0.2) is 0 Å². The number of hydrogen-bond acceptors (Lipinski definition) is 6. The largest absolute Gasteiger partial charge is 0.466 e. The molecule has 0 spiro atoms. The van der Waals surface area contributed by atoms with Gasteiger partial charge in [-0.15, -0.1) is 0 Å². The van der Waals surface area contributed by atoms with Crippen LogP contribution in [0.1, 0.15) is 60.8 Å². The molecule has 6 heteroatoms. The third-order valence-electron chi connectivity index (χ3n) is 5.70. The van der Waals surface area contributed by atoms with Crippen molar-refractivity contribution in [1.82, 2.24) is 0 Å². The molecule has 0 heterocycles. The molecule has 2 saturated carbocycles. The Morgan fingerprint density at radius 2 is 1.09 bits per heavy atom. The number of ether oxygens (including phenoxy) is 2. The van der Waals surface area contributed by atoms with Crippen molar-refractivity contribution in [3.8, 4) is 12.1 Å². The molecule has 2 aromatic rings. The maximum absolute atomic E-state index is 11.4. The average Bonchev–Trinajstić information content (AvgIpc) is 3.74. The van der Waals surface area contributed by atoms with E-state index in [9.17, 15) is 9.59 Å². The van der Waals surface area contributed by atoms with Crippen molar-refractivity contribution >= 4 is 11.9 Å². The summed E-state index contributed by atoms with van der Waals surface area (Å²) in [7, 11) is 0. The summed E-state index contributed by atoms with van der Waals surface area (Å²) in [5, 5.41) is 17.3. The Morgan fingerprint density at radius 1 is 0.750 bits per heavy atom. The van der Waals surface area contributed by atoms with Crippen LogP contribution in [-0.4, -0.2) is 25.2 Å². The number of nitrogens with zero attached hydrogens (tertiary/aromatic N) is 2. The van der Waals surface area contributed by atoms with Gasteiger partial charge in [0.2, 0.25) is 0 Å². The van der Waals surface area contributed by atoms with Crippen molar-refractivity contribution in [2.75, 3.05) is 13.2 Å². The van der Waals surface area contributed by atoms with Crippen LogP contribution in [0.25, 0.3) is 0 Å². The topological polar surface area (TPSA) is 100 Å². The van der Waals surface area contributed by atoms with Gasteiger partial charge in [0.1, 0.15) is 0 Å². The SMILES string of the molecule is CCOC(=O)[C@@H]1C[C@H]1c1ccc(C#N)cc1.CCOC(=O)[C@H]1C[C@@H]1c1ccc(C#N)cc1. The van der Waals surface area contributed by atoms with E-state index in [1.54, 1.807) is 24.3 Å². The fourth-order valence-electron chi connectivity index (χ4n) is 3.76. The van der Waals surface area contributed by atoms with Gasteiger partial charge in [0.25, 0.3) is 0 Å². The van der Waals surface area contributed by atoms with Crippen LogP contribution in [0.2, 0.25) is 0 Å². The van der Waals surface area contributed by atoms with E-state index in [-0.39, 0.29) is 35.6 Å². The zero-order chi connectivity index (χ0) is 23.1. The van der Waals surface area contributed by atoms with Gasteiger partial charge in [-0.2, -0.15) is 10.5 Å². The second-order valence-corrected chi connectivity index (χ2v) is 7.87. The number of carbonyl (C=O) groups excluding carboxylic acids is 2. The first-order valence-corrected chi connectivity index (χ1v) is 10.9. The van der Waals surface area contributed by atoms with Gasteiger partial charge in [-0.1, -0.05) is 24.3 Å². The fraction of sp³-hybridized carbons (Fsp3) is 0.385. The molecule has 0 aliphatic heterocycles. The standard InChI is InChI=1S/2C13H13NO2/c2*1-2-16-13(15)12-7-11(12)10-5-3-9(8-14)4-6-10/h2*3-6,11-12H,2,7H2,1H3/t2*11-,12+/m10/s1. The third kappa shape index (κ3) is 5.74. The molecular weight excluding hydrogens is 404 g/mol. The zero-order valence-corrected chi connectivity index (χ0v) is 18.3. The number of esters is 2. The minimum absolute atomic E-state index is 0.0212. The first kappa shape index (κ1) is 23.0. The molecule has 0 amide bonds. The van der Waals surface area contributed by atoms with Crippen molar-refractivity contribution in [3.63, 3.8) is 0 Å². The lowest BCUT2D eigenvalue weighted by Crippen LogP contribution is -2.07. The molecule has 32 heavy (non-hydrogen) atoms. The second kappa shape index (κ2) is 10.6. The minimum atomic E-state index is -0.100. The molecule has 2 fully saturated rings. The van der Waals surface area contributed by atoms with Crippen LogP contribution in [0.4, 0.5) is 0 Å². The fourth-order valence-corrected chi connectivity index (χ4v) is 3.76. The molecule has 0 bridgehead atoms. The molecule has 0 unspecified atom stereocenters. The molecule has 0 N–H and O–H groups in total. The molecule has 4 atom stereocenters.